The summed E-state index contributed by atoms with van der Waals surface area (Å²) in [6, 6.07) is 16.2. The summed E-state index contributed by atoms with van der Waals surface area (Å²) in [5, 5.41) is 5.52. The maximum atomic E-state index is 13.2. The number of ether oxygens (including phenoxy) is 2. The standard InChI is InChI=1S/C26H23N3O6S/c1-3-34-21(31)13-17-15-36-26(27-17)28-20(30)14-35-25(33)23-22(16-9-5-4-6-10-16)18-11-7-8-12-19(18)24(32)29(23)2/h4-12,15H,3,13-14H2,1-2H3,(H,27,28,30). The zero-order valence-electron chi connectivity index (χ0n) is 19.6. The van der Waals surface area contributed by atoms with Gasteiger partial charge in [-0.3, -0.25) is 19.7 Å². The second kappa shape index (κ2) is 11.0. The Morgan fingerprint density at radius 1 is 1.00 bits per heavy atom. The number of nitrogens with one attached hydrogen (secondary N) is 1. The van der Waals surface area contributed by atoms with E-state index in [-0.39, 0.29) is 29.4 Å². The van der Waals surface area contributed by atoms with Gasteiger partial charge in [0.1, 0.15) is 5.69 Å². The lowest BCUT2D eigenvalue weighted by Gasteiger charge is -2.16. The SMILES string of the molecule is CCOC(=O)Cc1csc(NC(=O)COC(=O)c2c(-c3ccccc3)c3ccccc3c(=O)n2C)n1. The minimum Gasteiger partial charge on any atom is -0.466 e. The number of hydrogen-bond acceptors (Lipinski definition) is 8. The van der Waals surface area contributed by atoms with Gasteiger partial charge in [-0.25, -0.2) is 9.78 Å². The molecule has 0 bridgehead atoms. The molecule has 2 aromatic carbocycles. The van der Waals surface area contributed by atoms with Gasteiger partial charge in [-0.2, -0.15) is 0 Å². The molecule has 36 heavy (non-hydrogen) atoms. The molecule has 0 spiro atoms. The molecule has 184 valence electrons. The maximum Gasteiger partial charge on any atom is 0.356 e. The van der Waals surface area contributed by atoms with Crippen LogP contribution in [0.5, 0.6) is 0 Å². The van der Waals surface area contributed by atoms with Crippen molar-refractivity contribution < 1.29 is 23.9 Å². The Kier molecular flexibility index (Phi) is 7.55. The van der Waals surface area contributed by atoms with E-state index in [1.165, 1.54) is 11.6 Å². The van der Waals surface area contributed by atoms with Crippen LogP contribution in [0, 0.1) is 0 Å². The first-order valence-corrected chi connectivity index (χ1v) is 12.0. The zero-order chi connectivity index (χ0) is 25.7. The molecule has 0 saturated carbocycles. The van der Waals surface area contributed by atoms with E-state index in [0.29, 0.717) is 22.0 Å². The van der Waals surface area contributed by atoms with E-state index >= 15 is 0 Å². The summed E-state index contributed by atoms with van der Waals surface area (Å²) in [5.74, 6) is -1.83. The number of aromatic nitrogens is 2. The minimum atomic E-state index is -0.809. The highest BCUT2D eigenvalue weighted by atomic mass is 32.1. The Hall–Kier alpha value is -4.31. The lowest BCUT2D eigenvalue weighted by atomic mass is 9.97. The number of pyridine rings is 1. The fourth-order valence-electron chi connectivity index (χ4n) is 3.76. The molecule has 1 amide bonds. The van der Waals surface area contributed by atoms with Crippen LogP contribution in [0.1, 0.15) is 23.1 Å². The fourth-order valence-corrected chi connectivity index (χ4v) is 4.49. The smallest absolute Gasteiger partial charge is 0.356 e. The number of anilines is 1. The second-order valence-electron chi connectivity index (χ2n) is 7.75. The molecule has 0 aliphatic heterocycles. The van der Waals surface area contributed by atoms with Gasteiger partial charge in [-0.15, -0.1) is 11.3 Å². The van der Waals surface area contributed by atoms with Crippen LogP contribution in [0.15, 0.2) is 64.8 Å². The van der Waals surface area contributed by atoms with Crippen molar-refractivity contribution in [2.45, 2.75) is 13.3 Å². The lowest BCUT2D eigenvalue weighted by molar-refractivity contribution is -0.142. The van der Waals surface area contributed by atoms with Crippen LogP contribution in [0.25, 0.3) is 21.9 Å². The number of carbonyl (C=O) groups excluding carboxylic acids is 3. The monoisotopic (exact) mass is 505 g/mol. The van der Waals surface area contributed by atoms with E-state index < -0.39 is 24.5 Å². The van der Waals surface area contributed by atoms with Gasteiger partial charge in [0.05, 0.1) is 18.7 Å². The molecule has 2 heterocycles. The minimum absolute atomic E-state index is 0.00650. The third-order valence-electron chi connectivity index (χ3n) is 5.32. The van der Waals surface area contributed by atoms with Gasteiger partial charge < -0.3 is 14.0 Å². The van der Waals surface area contributed by atoms with Gasteiger partial charge in [-0.05, 0) is 23.9 Å². The molecule has 1 N–H and O–H groups in total. The predicted molar refractivity (Wildman–Crippen MR) is 136 cm³/mol. The Morgan fingerprint density at radius 3 is 2.42 bits per heavy atom. The van der Waals surface area contributed by atoms with Crippen molar-refractivity contribution >= 4 is 45.1 Å². The van der Waals surface area contributed by atoms with Gasteiger partial charge in [0.25, 0.3) is 11.5 Å². The van der Waals surface area contributed by atoms with Crippen molar-refractivity contribution in [3.63, 3.8) is 0 Å². The van der Waals surface area contributed by atoms with E-state index in [9.17, 15) is 19.2 Å². The molecule has 2 aromatic heterocycles. The number of thiazole rings is 1. The molecule has 0 aliphatic rings. The van der Waals surface area contributed by atoms with Crippen LogP contribution in [-0.2, 0) is 32.5 Å². The summed E-state index contributed by atoms with van der Waals surface area (Å²) in [5.41, 5.74) is 1.44. The highest BCUT2D eigenvalue weighted by Gasteiger charge is 2.23. The summed E-state index contributed by atoms with van der Waals surface area (Å²) in [6.07, 6.45) is -0.00650. The van der Waals surface area contributed by atoms with Gasteiger partial charge >= 0.3 is 11.9 Å². The Bertz CT molecular complexity index is 1490. The number of carbonyl (C=O) groups is 3. The topological polar surface area (TPSA) is 117 Å². The Labute approximate surface area is 210 Å². The van der Waals surface area contributed by atoms with Crippen LogP contribution in [0.4, 0.5) is 5.13 Å². The van der Waals surface area contributed by atoms with E-state index in [0.717, 1.165) is 16.9 Å². The first-order chi connectivity index (χ1) is 17.4. The second-order valence-corrected chi connectivity index (χ2v) is 8.61. The number of hydrogen-bond donors (Lipinski definition) is 1. The van der Waals surface area contributed by atoms with Crippen molar-refractivity contribution in [1.82, 2.24) is 9.55 Å². The van der Waals surface area contributed by atoms with Crippen molar-refractivity contribution in [3.8, 4) is 11.1 Å². The van der Waals surface area contributed by atoms with E-state index in [1.54, 1.807) is 36.6 Å². The molecule has 4 rings (SSSR count). The van der Waals surface area contributed by atoms with Crippen LogP contribution >= 0.6 is 11.3 Å². The molecule has 9 nitrogen and oxygen atoms in total. The summed E-state index contributed by atoms with van der Waals surface area (Å²) in [4.78, 5) is 54.3. The molecule has 0 atom stereocenters. The number of fused-ring (bicyclic) bond motifs is 1. The largest absolute Gasteiger partial charge is 0.466 e. The van der Waals surface area contributed by atoms with Gasteiger partial charge in [0.15, 0.2) is 11.7 Å². The third kappa shape index (κ3) is 5.33. The quantitative estimate of drug-likeness (QED) is 0.364. The predicted octanol–water partition coefficient (Wildman–Crippen LogP) is 3.56. The summed E-state index contributed by atoms with van der Waals surface area (Å²) < 4.78 is 11.4. The van der Waals surface area contributed by atoms with E-state index in [4.69, 9.17) is 9.47 Å². The summed E-state index contributed by atoms with van der Waals surface area (Å²) >= 11 is 1.14. The first-order valence-electron chi connectivity index (χ1n) is 11.1. The highest BCUT2D eigenvalue weighted by Crippen LogP contribution is 2.30. The van der Waals surface area contributed by atoms with E-state index in [1.807, 2.05) is 30.3 Å². The van der Waals surface area contributed by atoms with E-state index in [2.05, 4.69) is 10.3 Å². The Morgan fingerprint density at radius 2 is 1.69 bits per heavy atom. The van der Waals surface area contributed by atoms with Gasteiger partial charge in [0, 0.05) is 23.4 Å². The number of rotatable bonds is 8. The van der Waals surface area contributed by atoms with Crippen LogP contribution in [-0.4, -0.2) is 40.6 Å². The van der Waals surface area contributed by atoms with Crippen molar-refractivity contribution in [2.75, 3.05) is 18.5 Å². The molecule has 0 radical (unpaired) electrons. The molecule has 4 aromatic rings. The average Bonchev–Trinajstić information content (AvgIpc) is 3.31. The van der Waals surface area contributed by atoms with Gasteiger partial charge in [0.2, 0.25) is 0 Å². The molecular formula is C26H23N3O6S. The molecule has 0 aliphatic carbocycles. The molecule has 0 unspecified atom stereocenters. The van der Waals surface area contributed by atoms with Crippen molar-refractivity contribution in [2.24, 2.45) is 7.05 Å². The highest BCUT2D eigenvalue weighted by molar-refractivity contribution is 7.13. The van der Waals surface area contributed by atoms with Crippen molar-refractivity contribution in [1.29, 1.82) is 0 Å². The number of benzene rings is 2. The third-order valence-corrected chi connectivity index (χ3v) is 6.13. The number of esters is 2. The lowest BCUT2D eigenvalue weighted by Crippen LogP contribution is -2.28. The Balaban J connectivity index is 1.54. The molecule has 10 heteroatoms. The van der Waals surface area contributed by atoms with Crippen LogP contribution < -0.4 is 10.9 Å². The normalized spacial score (nSPS) is 10.7. The summed E-state index contributed by atoms with van der Waals surface area (Å²) in [6.45, 7) is 1.40. The molecular weight excluding hydrogens is 482 g/mol. The maximum absolute atomic E-state index is 13.2. The fraction of sp³-hybridized carbons (Fsp3) is 0.192. The number of nitrogens with zero attached hydrogens (tertiary/aromatic N) is 2. The number of amides is 1. The van der Waals surface area contributed by atoms with Crippen LogP contribution in [0.3, 0.4) is 0 Å². The zero-order valence-corrected chi connectivity index (χ0v) is 20.5. The summed E-state index contributed by atoms with van der Waals surface area (Å²) in [7, 11) is 1.50. The van der Waals surface area contributed by atoms with Gasteiger partial charge in [-0.1, -0.05) is 48.5 Å². The average molecular weight is 506 g/mol. The molecule has 0 saturated heterocycles. The van der Waals surface area contributed by atoms with Crippen molar-refractivity contribution in [3.05, 3.63) is 81.7 Å². The first kappa shape index (κ1) is 24.8. The molecule has 0 fully saturated rings. The van der Waals surface area contributed by atoms with Crippen LogP contribution in [0.2, 0.25) is 0 Å².